The van der Waals surface area contributed by atoms with Gasteiger partial charge in [0.25, 0.3) is 5.91 Å². The minimum absolute atomic E-state index is 0.0185. The van der Waals surface area contributed by atoms with Crippen LogP contribution in [0.4, 0.5) is 16.2 Å². The number of hydrogen-bond donors (Lipinski definition) is 1. The van der Waals surface area contributed by atoms with Crippen molar-refractivity contribution < 1.29 is 18.0 Å². The molecule has 114 valence electrons. The Balaban J connectivity index is 2.42. The summed E-state index contributed by atoms with van der Waals surface area (Å²) in [5, 5.41) is 0.189. The van der Waals surface area contributed by atoms with Crippen LogP contribution in [-0.2, 0) is 14.8 Å². The average molecular weight is 332 g/mol. The molecule has 9 heteroatoms. The molecule has 21 heavy (non-hydrogen) atoms. The standard InChI is InChI=1S/C12H14ClN3O4S/c1-3-15-7-11(17)16(12(15)18)10-6-8(4-5-9(10)13)14-21(2,19)20/h4-6,14H,3,7H2,1-2H3. The smallest absolute Gasteiger partial charge is 0.315 e. The molecule has 1 N–H and O–H groups in total. The van der Waals surface area contributed by atoms with Crippen LogP contribution in [0, 0.1) is 0 Å². The van der Waals surface area contributed by atoms with Gasteiger partial charge in [0.15, 0.2) is 0 Å². The summed E-state index contributed by atoms with van der Waals surface area (Å²) < 4.78 is 24.8. The van der Waals surface area contributed by atoms with Gasteiger partial charge in [0.2, 0.25) is 10.0 Å². The van der Waals surface area contributed by atoms with Crippen LogP contribution in [0.3, 0.4) is 0 Å². The van der Waals surface area contributed by atoms with Crippen LogP contribution < -0.4 is 9.62 Å². The summed E-state index contributed by atoms with van der Waals surface area (Å²) in [6, 6.07) is 3.77. The Bertz CT molecular complexity index is 704. The van der Waals surface area contributed by atoms with Crippen molar-refractivity contribution in [3.63, 3.8) is 0 Å². The lowest BCUT2D eigenvalue weighted by Crippen LogP contribution is -2.33. The summed E-state index contributed by atoms with van der Waals surface area (Å²) in [7, 11) is -3.46. The summed E-state index contributed by atoms with van der Waals surface area (Å²) in [6.07, 6.45) is 1.01. The van der Waals surface area contributed by atoms with Gasteiger partial charge in [-0.25, -0.2) is 18.1 Å². The highest BCUT2D eigenvalue weighted by Crippen LogP contribution is 2.32. The number of sulfonamides is 1. The third-order valence-corrected chi connectivity index (χ3v) is 3.84. The summed E-state index contributed by atoms with van der Waals surface area (Å²) in [6.45, 7) is 2.15. The molecule has 1 aliphatic heterocycles. The Morgan fingerprint density at radius 1 is 1.33 bits per heavy atom. The second-order valence-electron chi connectivity index (χ2n) is 4.57. The molecule has 1 aliphatic rings. The van der Waals surface area contributed by atoms with Crippen LogP contribution in [0.25, 0.3) is 0 Å². The molecule has 0 spiro atoms. The number of urea groups is 1. The lowest BCUT2D eigenvalue weighted by atomic mass is 10.2. The fourth-order valence-electron chi connectivity index (χ4n) is 2.00. The fraction of sp³-hybridized carbons (Fsp3) is 0.333. The highest BCUT2D eigenvalue weighted by molar-refractivity contribution is 7.92. The van der Waals surface area contributed by atoms with Crippen molar-refractivity contribution in [3.05, 3.63) is 23.2 Å². The summed E-state index contributed by atoms with van der Waals surface area (Å²) in [5.74, 6) is -0.403. The number of nitrogens with zero attached hydrogens (tertiary/aromatic N) is 2. The number of carbonyl (C=O) groups is 2. The molecular formula is C12H14ClN3O4S. The van der Waals surface area contributed by atoms with Gasteiger partial charge in [-0.05, 0) is 25.1 Å². The second-order valence-corrected chi connectivity index (χ2v) is 6.72. The molecule has 1 aromatic carbocycles. The largest absolute Gasteiger partial charge is 0.331 e. The quantitative estimate of drug-likeness (QED) is 0.847. The van der Waals surface area contributed by atoms with Crippen LogP contribution >= 0.6 is 11.6 Å². The van der Waals surface area contributed by atoms with Crippen molar-refractivity contribution in [2.75, 3.05) is 29.0 Å². The van der Waals surface area contributed by atoms with E-state index in [1.807, 2.05) is 0 Å². The number of carbonyl (C=O) groups excluding carboxylic acids is 2. The van der Waals surface area contributed by atoms with E-state index in [1.165, 1.54) is 23.1 Å². The highest BCUT2D eigenvalue weighted by Gasteiger charge is 2.37. The van der Waals surface area contributed by atoms with Gasteiger partial charge in [-0.15, -0.1) is 0 Å². The normalized spacial score (nSPS) is 15.8. The third kappa shape index (κ3) is 3.27. The van der Waals surface area contributed by atoms with Gasteiger partial charge in [0, 0.05) is 6.54 Å². The maximum Gasteiger partial charge on any atom is 0.331 e. The number of anilines is 2. The van der Waals surface area contributed by atoms with E-state index in [0.717, 1.165) is 11.2 Å². The number of imide groups is 1. The van der Waals surface area contributed by atoms with Crippen LogP contribution in [0.15, 0.2) is 18.2 Å². The lowest BCUT2D eigenvalue weighted by molar-refractivity contribution is -0.116. The van der Waals surface area contributed by atoms with Gasteiger partial charge in [-0.3, -0.25) is 9.52 Å². The van der Waals surface area contributed by atoms with E-state index in [4.69, 9.17) is 11.6 Å². The maximum atomic E-state index is 12.1. The maximum absolute atomic E-state index is 12.1. The SMILES string of the molecule is CCN1CC(=O)N(c2cc(NS(C)(=O)=O)ccc2Cl)C1=O. The average Bonchev–Trinajstić information content (AvgIpc) is 2.65. The monoisotopic (exact) mass is 331 g/mol. The number of amides is 3. The van der Waals surface area contributed by atoms with E-state index in [9.17, 15) is 18.0 Å². The molecule has 7 nitrogen and oxygen atoms in total. The lowest BCUT2D eigenvalue weighted by Gasteiger charge is -2.18. The summed E-state index contributed by atoms with van der Waals surface area (Å²) in [5.41, 5.74) is 0.392. The van der Waals surface area contributed by atoms with Crippen molar-refractivity contribution in [2.45, 2.75) is 6.92 Å². The van der Waals surface area contributed by atoms with Crippen LogP contribution in [0.2, 0.25) is 5.02 Å². The molecule has 0 bridgehead atoms. The van der Waals surface area contributed by atoms with Gasteiger partial charge < -0.3 is 4.90 Å². The van der Waals surface area contributed by atoms with E-state index in [-0.39, 0.29) is 22.9 Å². The van der Waals surface area contributed by atoms with E-state index in [0.29, 0.717) is 6.54 Å². The molecule has 1 aromatic rings. The molecule has 0 atom stereocenters. The molecular weight excluding hydrogens is 318 g/mol. The van der Waals surface area contributed by atoms with E-state index < -0.39 is 22.0 Å². The highest BCUT2D eigenvalue weighted by atomic mass is 35.5. The number of benzene rings is 1. The van der Waals surface area contributed by atoms with Crippen LogP contribution in [-0.4, -0.2) is 44.6 Å². The Morgan fingerprint density at radius 2 is 2.00 bits per heavy atom. The summed E-state index contributed by atoms with van der Waals surface area (Å²) >= 11 is 6.03. The Hall–Kier alpha value is -1.80. The number of likely N-dealkylation sites (N-methyl/N-ethyl adjacent to an activating group) is 1. The van der Waals surface area contributed by atoms with Crippen LogP contribution in [0.5, 0.6) is 0 Å². The molecule has 0 saturated carbocycles. The fourth-order valence-corrected chi connectivity index (χ4v) is 2.75. The molecule has 1 fully saturated rings. The topological polar surface area (TPSA) is 86.8 Å². The zero-order valence-electron chi connectivity index (χ0n) is 11.5. The zero-order valence-corrected chi connectivity index (χ0v) is 13.0. The molecule has 0 aromatic heterocycles. The first-order valence-corrected chi connectivity index (χ1v) is 8.39. The Labute approximate surface area is 127 Å². The van der Waals surface area contributed by atoms with Crippen molar-refractivity contribution in [2.24, 2.45) is 0 Å². The molecule has 1 heterocycles. The Morgan fingerprint density at radius 3 is 2.52 bits per heavy atom. The minimum Gasteiger partial charge on any atom is -0.315 e. The summed E-state index contributed by atoms with van der Waals surface area (Å²) in [4.78, 5) is 26.4. The van der Waals surface area contributed by atoms with E-state index in [2.05, 4.69) is 4.72 Å². The molecule has 0 radical (unpaired) electrons. The van der Waals surface area contributed by atoms with Gasteiger partial charge >= 0.3 is 6.03 Å². The molecule has 2 rings (SSSR count). The number of halogens is 1. The minimum atomic E-state index is -3.46. The molecule has 3 amide bonds. The van der Waals surface area contributed by atoms with E-state index in [1.54, 1.807) is 6.92 Å². The Kier molecular flexibility index (Phi) is 4.11. The van der Waals surface area contributed by atoms with E-state index >= 15 is 0 Å². The second kappa shape index (κ2) is 5.53. The molecule has 0 unspecified atom stereocenters. The number of rotatable bonds is 4. The van der Waals surface area contributed by atoms with Gasteiger partial charge in [0.1, 0.15) is 6.54 Å². The third-order valence-electron chi connectivity index (χ3n) is 2.91. The molecule has 0 aliphatic carbocycles. The van der Waals surface area contributed by atoms with Gasteiger partial charge in [-0.2, -0.15) is 0 Å². The van der Waals surface area contributed by atoms with Crippen molar-refractivity contribution in [3.8, 4) is 0 Å². The number of hydrogen-bond acceptors (Lipinski definition) is 4. The van der Waals surface area contributed by atoms with Crippen molar-refractivity contribution >= 4 is 44.9 Å². The first-order valence-electron chi connectivity index (χ1n) is 6.12. The predicted octanol–water partition coefficient (Wildman–Crippen LogP) is 1.50. The van der Waals surface area contributed by atoms with Gasteiger partial charge in [0.05, 0.1) is 22.7 Å². The number of nitrogens with one attached hydrogen (secondary N) is 1. The first kappa shape index (κ1) is 15.6. The molecule has 1 saturated heterocycles. The van der Waals surface area contributed by atoms with Gasteiger partial charge in [-0.1, -0.05) is 11.6 Å². The van der Waals surface area contributed by atoms with Crippen molar-refractivity contribution in [1.29, 1.82) is 0 Å². The zero-order chi connectivity index (χ0) is 15.8. The predicted molar refractivity (Wildman–Crippen MR) is 80.0 cm³/mol. The van der Waals surface area contributed by atoms with Crippen LogP contribution in [0.1, 0.15) is 6.92 Å². The first-order chi connectivity index (χ1) is 9.73. The van der Waals surface area contributed by atoms with Crippen molar-refractivity contribution in [1.82, 2.24) is 4.90 Å².